The van der Waals surface area contributed by atoms with Crippen molar-refractivity contribution < 1.29 is 10.2 Å². The van der Waals surface area contributed by atoms with E-state index in [1.807, 2.05) is 0 Å². The monoisotopic (exact) mass is 735 g/mol. The van der Waals surface area contributed by atoms with Crippen molar-refractivity contribution in [2.24, 2.45) is 0 Å². The first-order valence-corrected chi connectivity index (χ1v) is 25.1. The highest BCUT2D eigenvalue weighted by Gasteiger charge is 2.04. The first-order chi connectivity index (χ1) is 25.8. The van der Waals surface area contributed by atoms with Crippen LogP contribution in [0.2, 0.25) is 0 Å². The van der Waals surface area contributed by atoms with Crippen molar-refractivity contribution in [1.82, 2.24) is 0 Å². The molecule has 0 saturated heterocycles. The van der Waals surface area contributed by atoms with Crippen molar-refractivity contribution >= 4 is 0 Å². The quantitative estimate of drug-likeness (QED) is 0.0611. The van der Waals surface area contributed by atoms with Crippen LogP contribution in [-0.2, 0) is 0 Å². The van der Waals surface area contributed by atoms with E-state index in [9.17, 15) is 5.11 Å². The van der Waals surface area contributed by atoms with Crippen molar-refractivity contribution in [2.75, 3.05) is 6.61 Å². The second-order valence-electron chi connectivity index (χ2n) is 17.5. The van der Waals surface area contributed by atoms with Crippen LogP contribution in [0.15, 0.2) is 0 Å². The van der Waals surface area contributed by atoms with Crippen LogP contribution < -0.4 is 0 Å². The molecular weight excluding hydrogens is 633 g/mol. The highest BCUT2D eigenvalue weighted by Crippen LogP contribution is 2.19. The average Bonchev–Trinajstić information content (AvgIpc) is 3.15. The summed E-state index contributed by atoms with van der Waals surface area (Å²) in [7, 11) is 0. The summed E-state index contributed by atoms with van der Waals surface area (Å²) in [5, 5.41) is 19.2. The minimum Gasteiger partial charge on any atom is -0.396 e. The summed E-state index contributed by atoms with van der Waals surface area (Å²) in [6.45, 7) is 2.67. The topological polar surface area (TPSA) is 40.5 Å². The summed E-state index contributed by atoms with van der Waals surface area (Å²) in [5.74, 6) is 0. The Morgan fingerprint density at radius 2 is 0.385 bits per heavy atom. The maximum Gasteiger partial charge on any atom is 0.0540 e. The van der Waals surface area contributed by atoms with Crippen LogP contribution in [0.3, 0.4) is 0 Å². The molecule has 0 aliphatic carbocycles. The zero-order chi connectivity index (χ0) is 37.5. The summed E-state index contributed by atoms with van der Waals surface area (Å²) in [5.41, 5.74) is 0. The van der Waals surface area contributed by atoms with Gasteiger partial charge in [0.05, 0.1) is 6.10 Å². The molecule has 0 heterocycles. The number of aliphatic hydroxyl groups excluding tert-OH is 2. The fourth-order valence-electron chi connectivity index (χ4n) is 8.34. The number of hydrogen-bond acceptors (Lipinski definition) is 2. The second kappa shape index (κ2) is 48.9. The molecule has 0 aromatic heterocycles. The van der Waals surface area contributed by atoms with Crippen molar-refractivity contribution in [2.45, 2.75) is 315 Å². The first kappa shape index (κ1) is 51.9. The lowest BCUT2D eigenvalue weighted by Crippen LogP contribution is -2.05. The summed E-state index contributed by atoms with van der Waals surface area (Å²) in [4.78, 5) is 0. The molecule has 0 aliphatic rings. The van der Waals surface area contributed by atoms with E-state index in [-0.39, 0.29) is 6.10 Å². The van der Waals surface area contributed by atoms with E-state index in [0.717, 1.165) is 19.3 Å². The number of rotatable bonds is 48. The Kier molecular flexibility index (Phi) is 48.9. The third-order valence-corrected chi connectivity index (χ3v) is 12.1. The van der Waals surface area contributed by atoms with Gasteiger partial charge in [0.2, 0.25) is 0 Å². The van der Waals surface area contributed by atoms with E-state index >= 15 is 0 Å². The molecule has 2 nitrogen and oxygen atoms in total. The van der Waals surface area contributed by atoms with Crippen molar-refractivity contribution in [3.8, 4) is 0 Å². The Labute approximate surface area is 330 Å². The smallest absolute Gasteiger partial charge is 0.0540 e. The molecule has 0 aliphatic heterocycles. The van der Waals surface area contributed by atoms with Crippen molar-refractivity contribution in [3.63, 3.8) is 0 Å². The number of unbranched alkanes of at least 4 members (excludes halogenated alkanes) is 43. The fraction of sp³-hybridized carbons (Fsp3) is 1.00. The molecule has 2 N–H and O–H groups in total. The molecule has 52 heavy (non-hydrogen) atoms. The van der Waals surface area contributed by atoms with Gasteiger partial charge in [0.25, 0.3) is 0 Å². The molecule has 1 atom stereocenters. The van der Waals surface area contributed by atoms with Crippen LogP contribution in [0.1, 0.15) is 309 Å². The predicted molar refractivity (Wildman–Crippen MR) is 236 cm³/mol. The van der Waals surface area contributed by atoms with Crippen molar-refractivity contribution in [1.29, 1.82) is 0 Å². The molecule has 0 bridgehead atoms. The van der Waals surface area contributed by atoms with E-state index < -0.39 is 0 Å². The number of aliphatic hydroxyl groups is 2. The Morgan fingerprint density at radius 3 is 0.558 bits per heavy atom. The largest absolute Gasteiger partial charge is 0.396 e. The first-order valence-electron chi connectivity index (χ1n) is 25.1. The molecular formula is C50H102O2. The molecule has 0 aromatic carbocycles. The molecule has 0 fully saturated rings. The molecule has 1 unspecified atom stereocenters. The molecule has 314 valence electrons. The summed E-state index contributed by atoms with van der Waals surface area (Å²) < 4.78 is 0. The van der Waals surface area contributed by atoms with E-state index in [1.165, 1.54) is 283 Å². The van der Waals surface area contributed by atoms with Gasteiger partial charge in [-0.25, -0.2) is 0 Å². The predicted octanol–water partition coefficient (Wildman–Crippen LogP) is 17.7. The lowest BCUT2D eigenvalue weighted by atomic mass is 10.0. The Morgan fingerprint density at radius 1 is 0.231 bits per heavy atom. The molecule has 0 rings (SSSR count). The normalized spacial score (nSPS) is 12.3. The minimum atomic E-state index is -0.0431. The third-order valence-electron chi connectivity index (χ3n) is 12.1. The summed E-state index contributed by atoms with van der Waals surface area (Å²) in [6, 6.07) is 0. The van der Waals surface area contributed by atoms with Crippen LogP contribution in [0.5, 0.6) is 0 Å². The zero-order valence-electron chi connectivity index (χ0n) is 36.4. The van der Waals surface area contributed by atoms with Gasteiger partial charge in [0.1, 0.15) is 0 Å². The molecule has 0 radical (unpaired) electrons. The van der Waals surface area contributed by atoms with E-state index in [1.54, 1.807) is 0 Å². The van der Waals surface area contributed by atoms with Gasteiger partial charge in [-0.05, 0) is 19.3 Å². The van der Waals surface area contributed by atoms with E-state index in [4.69, 9.17) is 5.11 Å². The van der Waals surface area contributed by atoms with E-state index in [0.29, 0.717) is 6.61 Å². The van der Waals surface area contributed by atoms with Crippen LogP contribution in [-0.4, -0.2) is 22.9 Å². The SMILES string of the molecule is CCCCCCCCCCCCCCCCCCCCCCCCCC(O)CCCCCCCCCCCCCCCCCCCCCCCCO. The minimum absolute atomic E-state index is 0.0431. The second-order valence-corrected chi connectivity index (χ2v) is 17.5. The van der Waals surface area contributed by atoms with Gasteiger partial charge >= 0.3 is 0 Å². The van der Waals surface area contributed by atoms with Gasteiger partial charge in [-0.2, -0.15) is 0 Å². The molecule has 0 spiro atoms. The third kappa shape index (κ3) is 47.9. The van der Waals surface area contributed by atoms with Gasteiger partial charge in [-0.1, -0.05) is 289 Å². The Hall–Kier alpha value is -0.0800. The molecule has 0 amide bonds. The van der Waals surface area contributed by atoms with Crippen LogP contribution in [0.25, 0.3) is 0 Å². The molecule has 0 saturated carbocycles. The van der Waals surface area contributed by atoms with Crippen LogP contribution in [0.4, 0.5) is 0 Å². The zero-order valence-corrected chi connectivity index (χ0v) is 36.4. The van der Waals surface area contributed by atoms with Gasteiger partial charge in [0, 0.05) is 6.61 Å². The van der Waals surface area contributed by atoms with Gasteiger partial charge in [0.15, 0.2) is 0 Å². The molecule has 0 aromatic rings. The summed E-state index contributed by atoms with van der Waals surface area (Å²) >= 11 is 0. The Bertz CT molecular complexity index is 541. The Balaban J connectivity index is 3.14. The highest BCUT2D eigenvalue weighted by atomic mass is 16.3. The highest BCUT2D eigenvalue weighted by molar-refractivity contribution is 4.58. The average molecular weight is 735 g/mol. The van der Waals surface area contributed by atoms with Gasteiger partial charge < -0.3 is 10.2 Å². The lowest BCUT2D eigenvalue weighted by molar-refractivity contribution is 0.147. The maximum absolute atomic E-state index is 10.4. The van der Waals surface area contributed by atoms with E-state index in [2.05, 4.69) is 6.92 Å². The molecule has 2 heteroatoms. The summed E-state index contributed by atoms with van der Waals surface area (Å²) in [6.07, 6.45) is 65.5. The van der Waals surface area contributed by atoms with Gasteiger partial charge in [-0.15, -0.1) is 0 Å². The maximum atomic E-state index is 10.4. The number of hydrogen-bond donors (Lipinski definition) is 2. The lowest BCUT2D eigenvalue weighted by Gasteiger charge is -2.10. The van der Waals surface area contributed by atoms with Crippen LogP contribution >= 0.6 is 0 Å². The van der Waals surface area contributed by atoms with Gasteiger partial charge in [-0.3, -0.25) is 0 Å². The van der Waals surface area contributed by atoms with Crippen molar-refractivity contribution in [3.05, 3.63) is 0 Å². The van der Waals surface area contributed by atoms with Crippen LogP contribution in [0, 0.1) is 0 Å². The standard InChI is InChI=1S/C50H102O2/c1-2-3-4-5-6-7-8-9-10-11-12-13-14-17-20-23-26-29-32-35-38-41-44-47-50(52)48-45-42-39-36-33-30-27-24-21-18-15-16-19-22-25-28-31-34-37-40-43-46-49-51/h50-52H,2-49H2,1H3. The fourth-order valence-corrected chi connectivity index (χ4v) is 8.34.